The maximum Gasteiger partial charge on any atom is 0.338 e. The van der Waals surface area contributed by atoms with Gasteiger partial charge in [-0.1, -0.05) is 18.2 Å². The third-order valence-electron chi connectivity index (χ3n) is 5.95. The lowest BCUT2D eigenvalue weighted by Crippen LogP contribution is -2.39. The molecule has 0 saturated heterocycles. The number of benzene rings is 2. The second-order valence-electron chi connectivity index (χ2n) is 8.15. The number of hydrogen-bond acceptors (Lipinski definition) is 5. The maximum atomic E-state index is 14.2. The number of nitrogens with zero attached hydrogens (tertiary/aromatic N) is 5. The molecule has 0 radical (unpaired) electrons. The van der Waals surface area contributed by atoms with E-state index in [0.717, 1.165) is 15.9 Å². The van der Waals surface area contributed by atoms with Crippen LogP contribution in [0.3, 0.4) is 0 Å². The van der Waals surface area contributed by atoms with E-state index < -0.39 is 23.0 Å². The SMILES string of the molecule is CCOC(=O)c1ccc(-n2c(C)cn3c4c(=O)n(Cc5ccccc5F)c(=O)n(C)c4nc23)cc1. The van der Waals surface area contributed by atoms with Crippen molar-refractivity contribution in [3.8, 4) is 5.69 Å². The molecule has 0 aliphatic heterocycles. The minimum atomic E-state index is -0.589. The topological polar surface area (TPSA) is 92.5 Å². The first-order valence-corrected chi connectivity index (χ1v) is 11.0. The number of hydrogen-bond donors (Lipinski definition) is 0. The summed E-state index contributed by atoms with van der Waals surface area (Å²) in [6, 6.07) is 12.9. The van der Waals surface area contributed by atoms with Gasteiger partial charge in [-0.2, -0.15) is 4.98 Å². The molecule has 0 atom stereocenters. The Hall–Kier alpha value is -4.47. The van der Waals surface area contributed by atoms with Crippen LogP contribution in [0.5, 0.6) is 0 Å². The zero-order chi connectivity index (χ0) is 24.9. The third kappa shape index (κ3) is 3.54. The molecule has 0 saturated carbocycles. The van der Waals surface area contributed by atoms with Gasteiger partial charge >= 0.3 is 11.7 Å². The van der Waals surface area contributed by atoms with Crippen LogP contribution in [0.2, 0.25) is 0 Å². The molecule has 9 nitrogen and oxygen atoms in total. The van der Waals surface area contributed by atoms with Crippen LogP contribution in [0, 0.1) is 12.7 Å². The fraction of sp³-hybridized carbons (Fsp3) is 0.200. The van der Waals surface area contributed by atoms with Crippen LogP contribution in [-0.4, -0.2) is 35.7 Å². The summed E-state index contributed by atoms with van der Waals surface area (Å²) in [6.07, 6.45) is 1.75. The molecule has 0 bridgehead atoms. The van der Waals surface area contributed by atoms with Crippen LogP contribution in [0.25, 0.3) is 22.6 Å². The standard InChI is InChI=1S/C25H22FN5O4/c1-4-35-23(33)16-9-11-18(12-10-16)31-15(2)13-29-20-21(27-24(29)31)28(3)25(34)30(22(20)32)14-17-7-5-6-8-19(17)26/h5-13H,4,14H2,1-3H3. The smallest absolute Gasteiger partial charge is 0.338 e. The molecular weight excluding hydrogens is 453 g/mol. The van der Waals surface area contributed by atoms with Crippen molar-refractivity contribution in [2.45, 2.75) is 20.4 Å². The molecule has 0 fully saturated rings. The highest BCUT2D eigenvalue weighted by molar-refractivity contribution is 5.89. The first-order chi connectivity index (χ1) is 16.8. The van der Waals surface area contributed by atoms with Gasteiger partial charge in [-0.3, -0.25) is 22.9 Å². The summed E-state index contributed by atoms with van der Waals surface area (Å²) in [4.78, 5) is 43.0. The summed E-state index contributed by atoms with van der Waals surface area (Å²) in [6.45, 7) is 3.69. The highest BCUT2D eigenvalue weighted by Gasteiger charge is 2.21. The fourth-order valence-electron chi connectivity index (χ4n) is 4.23. The van der Waals surface area contributed by atoms with E-state index in [1.54, 1.807) is 53.9 Å². The van der Waals surface area contributed by atoms with Crippen LogP contribution in [0.15, 0.2) is 64.3 Å². The number of aryl methyl sites for hydroxylation is 2. The van der Waals surface area contributed by atoms with E-state index >= 15 is 0 Å². The van der Waals surface area contributed by atoms with Crippen LogP contribution in [-0.2, 0) is 18.3 Å². The predicted octanol–water partition coefficient (Wildman–Crippen LogP) is 2.81. The lowest BCUT2D eigenvalue weighted by molar-refractivity contribution is 0.0526. The van der Waals surface area contributed by atoms with Crippen LogP contribution >= 0.6 is 0 Å². The van der Waals surface area contributed by atoms with E-state index in [2.05, 4.69) is 4.98 Å². The maximum absolute atomic E-state index is 14.2. The van der Waals surface area contributed by atoms with Gasteiger partial charge in [-0.25, -0.2) is 14.0 Å². The predicted molar refractivity (Wildman–Crippen MR) is 128 cm³/mol. The highest BCUT2D eigenvalue weighted by Crippen LogP contribution is 2.21. The van der Waals surface area contributed by atoms with Gasteiger partial charge in [0, 0.05) is 30.2 Å². The summed E-state index contributed by atoms with van der Waals surface area (Å²) in [5, 5.41) is 0. The van der Waals surface area contributed by atoms with Gasteiger partial charge in [0.2, 0.25) is 5.78 Å². The van der Waals surface area contributed by atoms with Gasteiger partial charge in [0.05, 0.1) is 18.7 Å². The zero-order valence-corrected chi connectivity index (χ0v) is 19.4. The largest absolute Gasteiger partial charge is 0.462 e. The van der Waals surface area contributed by atoms with Gasteiger partial charge in [-0.05, 0) is 44.2 Å². The number of fused-ring (bicyclic) bond motifs is 3. The van der Waals surface area contributed by atoms with E-state index in [4.69, 9.17) is 4.74 Å². The molecule has 0 aliphatic rings. The molecule has 0 unspecified atom stereocenters. The van der Waals surface area contributed by atoms with Crippen molar-refractivity contribution < 1.29 is 13.9 Å². The molecule has 0 N–H and O–H groups in total. The van der Waals surface area contributed by atoms with Crippen LogP contribution < -0.4 is 11.2 Å². The molecule has 0 spiro atoms. The number of aromatic nitrogens is 5. The quantitative estimate of drug-likeness (QED) is 0.365. The Balaban J connectivity index is 1.69. The molecule has 10 heteroatoms. The molecule has 5 rings (SSSR count). The molecule has 35 heavy (non-hydrogen) atoms. The lowest BCUT2D eigenvalue weighted by Gasteiger charge is -2.09. The lowest BCUT2D eigenvalue weighted by atomic mass is 10.2. The first kappa shape index (κ1) is 22.3. The number of carbonyl (C=O) groups is 1. The van der Waals surface area contributed by atoms with Crippen molar-refractivity contribution in [3.63, 3.8) is 0 Å². The second kappa shape index (κ2) is 8.39. The van der Waals surface area contributed by atoms with E-state index in [9.17, 15) is 18.8 Å². The summed E-state index contributed by atoms with van der Waals surface area (Å²) in [5.74, 6) is -0.476. The molecule has 3 heterocycles. The van der Waals surface area contributed by atoms with Gasteiger partial charge < -0.3 is 4.74 Å². The normalized spacial score (nSPS) is 11.4. The Morgan fingerprint density at radius 1 is 1.09 bits per heavy atom. The van der Waals surface area contributed by atoms with E-state index in [1.807, 2.05) is 11.5 Å². The van der Waals surface area contributed by atoms with Crippen LogP contribution in [0.4, 0.5) is 4.39 Å². The van der Waals surface area contributed by atoms with E-state index in [1.165, 1.54) is 23.7 Å². The Bertz CT molecular complexity index is 1720. The molecule has 178 valence electrons. The van der Waals surface area contributed by atoms with E-state index in [-0.39, 0.29) is 29.9 Å². The highest BCUT2D eigenvalue weighted by atomic mass is 19.1. The number of carbonyl (C=O) groups excluding carboxylic acids is 1. The molecule has 3 aromatic heterocycles. The first-order valence-electron chi connectivity index (χ1n) is 11.0. The second-order valence-corrected chi connectivity index (χ2v) is 8.15. The van der Waals surface area contributed by atoms with Gasteiger partial charge in [0.15, 0.2) is 11.2 Å². The van der Waals surface area contributed by atoms with Gasteiger partial charge in [-0.15, -0.1) is 0 Å². The zero-order valence-electron chi connectivity index (χ0n) is 19.4. The molecule has 0 aliphatic carbocycles. The number of esters is 1. The van der Waals surface area contributed by atoms with Crippen molar-refractivity contribution in [3.05, 3.63) is 98.2 Å². The van der Waals surface area contributed by atoms with Gasteiger partial charge in [0.1, 0.15) is 5.82 Å². The van der Waals surface area contributed by atoms with E-state index in [0.29, 0.717) is 11.3 Å². The number of rotatable bonds is 5. The Morgan fingerprint density at radius 2 is 1.80 bits per heavy atom. The average molecular weight is 475 g/mol. The van der Waals surface area contributed by atoms with Crippen LogP contribution in [0.1, 0.15) is 28.5 Å². The number of ether oxygens (including phenoxy) is 1. The van der Waals surface area contributed by atoms with Crippen molar-refractivity contribution in [1.29, 1.82) is 0 Å². The third-order valence-corrected chi connectivity index (χ3v) is 5.95. The van der Waals surface area contributed by atoms with Crippen molar-refractivity contribution in [1.82, 2.24) is 23.1 Å². The summed E-state index contributed by atoms with van der Waals surface area (Å²) < 4.78 is 25.0. The molecular formula is C25H22FN5O4. The van der Waals surface area contributed by atoms with Gasteiger partial charge in [0.25, 0.3) is 5.56 Å². The fourth-order valence-corrected chi connectivity index (χ4v) is 4.23. The molecule has 2 aromatic carbocycles. The Labute approximate surface area is 198 Å². The van der Waals surface area contributed by atoms with Crippen molar-refractivity contribution >= 4 is 22.9 Å². The average Bonchev–Trinajstić information content (AvgIpc) is 3.36. The minimum Gasteiger partial charge on any atom is -0.462 e. The summed E-state index contributed by atoms with van der Waals surface area (Å²) >= 11 is 0. The minimum absolute atomic E-state index is 0.198. The summed E-state index contributed by atoms with van der Waals surface area (Å²) in [7, 11) is 1.53. The monoisotopic (exact) mass is 475 g/mol. The summed E-state index contributed by atoms with van der Waals surface area (Å²) in [5.41, 5.74) is 1.44. The van der Waals surface area contributed by atoms with Crippen molar-refractivity contribution in [2.24, 2.45) is 7.05 Å². The molecule has 5 aromatic rings. The number of imidazole rings is 2. The number of halogens is 1. The Morgan fingerprint density at radius 3 is 2.49 bits per heavy atom. The molecule has 0 amide bonds. The Kier molecular flexibility index (Phi) is 5.35. The van der Waals surface area contributed by atoms with Crippen molar-refractivity contribution in [2.75, 3.05) is 6.61 Å².